The Morgan fingerprint density at radius 3 is 2.80 bits per heavy atom. The Morgan fingerprint density at radius 1 is 1.35 bits per heavy atom. The van der Waals surface area contributed by atoms with Gasteiger partial charge in [0.25, 0.3) is 0 Å². The van der Waals surface area contributed by atoms with E-state index in [1.165, 1.54) is 5.56 Å². The molecule has 1 aromatic heterocycles. The molecule has 0 spiro atoms. The molecule has 2 aromatic rings. The van der Waals surface area contributed by atoms with Gasteiger partial charge in [0.1, 0.15) is 0 Å². The van der Waals surface area contributed by atoms with E-state index in [0.29, 0.717) is 12.1 Å². The van der Waals surface area contributed by atoms with Gasteiger partial charge in [-0.2, -0.15) is 0 Å². The van der Waals surface area contributed by atoms with Gasteiger partial charge in [-0.05, 0) is 43.5 Å². The number of nitrogens with zero attached hydrogens (tertiary/aromatic N) is 1. The molecule has 4 nitrogen and oxygen atoms in total. The van der Waals surface area contributed by atoms with Crippen LogP contribution >= 0.6 is 0 Å². The van der Waals surface area contributed by atoms with Crippen LogP contribution in [0.3, 0.4) is 0 Å². The topological polar surface area (TPSA) is 68.2 Å². The molecule has 0 aliphatic carbocycles. The summed E-state index contributed by atoms with van der Waals surface area (Å²) in [5.74, 6) is -0.876. The first-order valence-corrected chi connectivity index (χ1v) is 7.22. The summed E-state index contributed by atoms with van der Waals surface area (Å²) < 4.78 is 2.18. The predicted octanol–water partition coefficient (Wildman–Crippen LogP) is 3.03. The molecule has 108 valence electrons. The normalized spacial score (nSPS) is 11.1. The van der Waals surface area contributed by atoms with E-state index in [4.69, 9.17) is 10.8 Å². The van der Waals surface area contributed by atoms with E-state index in [2.05, 4.69) is 17.7 Å². The molecule has 2 rings (SSSR count). The molecule has 3 N–H and O–H groups in total. The van der Waals surface area contributed by atoms with Gasteiger partial charge in [-0.25, -0.2) is 4.79 Å². The molecule has 0 aliphatic heterocycles. The van der Waals surface area contributed by atoms with Crippen molar-refractivity contribution in [2.75, 3.05) is 6.54 Å². The zero-order chi connectivity index (χ0) is 14.5. The van der Waals surface area contributed by atoms with Gasteiger partial charge >= 0.3 is 5.97 Å². The van der Waals surface area contributed by atoms with Crippen LogP contribution < -0.4 is 5.73 Å². The van der Waals surface area contributed by atoms with E-state index in [1.807, 2.05) is 6.07 Å². The standard InChI is InChI=1S/C16H22N2O2/c1-2-3-9-18-11-13(5-4-8-17)14-7-6-12(16(19)20)10-15(14)18/h6-7,10-11H,2-5,8-9,17H2,1H3,(H,19,20). The summed E-state index contributed by atoms with van der Waals surface area (Å²) in [5, 5.41) is 10.3. The first kappa shape index (κ1) is 14.6. The first-order valence-electron chi connectivity index (χ1n) is 7.22. The van der Waals surface area contributed by atoms with Gasteiger partial charge < -0.3 is 15.4 Å². The van der Waals surface area contributed by atoms with Crippen LogP contribution in [0.25, 0.3) is 10.9 Å². The van der Waals surface area contributed by atoms with Crippen molar-refractivity contribution >= 4 is 16.9 Å². The van der Waals surface area contributed by atoms with E-state index < -0.39 is 5.97 Å². The molecular formula is C16H22N2O2. The third kappa shape index (κ3) is 3.02. The fourth-order valence-electron chi connectivity index (χ4n) is 2.51. The number of aromatic carboxylic acids is 1. The number of hydrogen-bond acceptors (Lipinski definition) is 2. The first-order chi connectivity index (χ1) is 9.67. The van der Waals surface area contributed by atoms with Gasteiger partial charge in [0.05, 0.1) is 5.56 Å². The van der Waals surface area contributed by atoms with Gasteiger partial charge in [-0.3, -0.25) is 0 Å². The van der Waals surface area contributed by atoms with Crippen LogP contribution in [0.5, 0.6) is 0 Å². The molecule has 1 aromatic carbocycles. The summed E-state index contributed by atoms with van der Waals surface area (Å²) in [7, 11) is 0. The van der Waals surface area contributed by atoms with Crippen LogP contribution in [0.1, 0.15) is 42.1 Å². The Bertz CT molecular complexity index is 602. The van der Waals surface area contributed by atoms with Gasteiger partial charge in [-0.15, -0.1) is 0 Å². The van der Waals surface area contributed by atoms with Crippen molar-refractivity contribution in [1.29, 1.82) is 0 Å². The number of carboxylic acids is 1. The minimum absolute atomic E-state index is 0.346. The van der Waals surface area contributed by atoms with E-state index in [0.717, 1.165) is 43.1 Å². The molecule has 0 fully saturated rings. The maximum Gasteiger partial charge on any atom is 0.335 e. The van der Waals surface area contributed by atoms with Crippen LogP contribution in [0.4, 0.5) is 0 Å². The number of carbonyl (C=O) groups is 1. The Balaban J connectivity index is 2.45. The summed E-state index contributed by atoms with van der Waals surface area (Å²) in [4.78, 5) is 11.1. The number of aromatic nitrogens is 1. The monoisotopic (exact) mass is 274 g/mol. The minimum atomic E-state index is -0.876. The van der Waals surface area contributed by atoms with Crippen molar-refractivity contribution in [3.63, 3.8) is 0 Å². The number of benzene rings is 1. The molecule has 0 unspecified atom stereocenters. The van der Waals surface area contributed by atoms with Gasteiger partial charge in [0, 0.05) is 23.6 Å². The highest BCUT2D eigenvalue weighted by atomic mass is 16.4. The molecule has 0 bridgehead atoms. The van der Waals surface area contributed by atoms with Crippen LogP contribution in [0.15, 0.2) is 24.4 Å². The molecule has 0 saturated heterocycles. The quantitative estimate of drug-likeness (QED) is 0.815. The summed E-state index contributed by atoms with van der Waals surface area (Å²) in [6.07, 6.45) is 6.27. The number of carboxylic acid groups (broad SMARTS) is 1. The summed E-state index contributed by atoms with van der Waals surface area (Å²) >= 11 is 0. The van der Waals surface area contributed by atoms with Crippen molar-refractivity contribution in [3.05, 3.63) is 35.5 Å². The molecule has 0 saturated carbocycles. The van der Waals surface area contributed by atoms with E-state index >= 15 is 0 Å². The van der Waals surface area contributed by atoms with E-state index in [1.54, 1.807) is 12.1 Å². The van der Waals surface area contributed by atoms with Gasteiger partial charge in [0.15, 0.2) is 0 Å². The molecule has 0 amide bonds. The lowest BCUT2D eigenvalue weighted by Gasteiger charge is -2.04. The number of fused-ring (bicyclic) bond motifs is 1. The lowest BCUT2D eigenvalue weighted by Crippen LogP contribution is -2.00. The van der Waals surface area contributed by atoms with Crippen LogP contribution in [0, 0.1) is 0 Å². The van der Waals surface area contributed by atoms with Gasteiger partial charge in [0.2, 0.25) is 0 Å². The molecule has 0 radical (unpaired) electrons. The number of rotatable bonds is 7. The summed E-state index contributed by atoms with van der Waals surface area (Å²) in [5.41, 5.74) is 8.21. The summed E-state index contributed by atoms with van der Waals surface area (Å²) in [6.45, 7) is 3.76. The maximum atomic E-state index is 11.1. The summed E-state index contributed by atoms with van der Waals surface area (Å²) in [6, 6.07) is 5.38. The smallest absolute Gasteiger partial charge is 0.335 e. The molecule has 0 aliphatic rings. The molecule has 1 heterocycles. The molecule has 20 heavy (non-hydrogen) atoms. The average molecular weight is 274 g/mol. The zero-order valence-electron chi connectivity index (χ0n) is 11.9. The van der Waals surface area contributed by atoms with Crippen LogP contribution in [-0.4, -0.2) is 22.2 Å². The average Bonchev–Trinajstić information content (AvgIpc) is 2.80. The second-order valence-corrected chi connectivity index (χ2v) is 5.13. The highest BCUT2D eigenvalue weighted by Crippen LogP contribution is 2.24. The van der Waals surface area contributed by atoms with Gasteiger partial charge in [-0.1, -0.05) is 19.4 Å². The fraction of sp³-hybridized carbons (Fsp3) is 0.438. The predicted molar refractivity (Wildman–Crippen MR) is 81.2 cm³/mol. The fourth-order valence-corrected chi connectivity index (χ4v) is 2.51. The van der Waals surface area contributed by atoms with Crippen molar-refractivity contribution in [2.45, 2.75) is 39.2 Å². The van der Waals surface area contributed by atoms with Crippen molar-refractivity contribution in [1.82, 2.24) is 4.57 Å². The number of unbranched alkanes of at least 4 members (excludes halogenated alkanes) is 1. The number of nitrogens with two attached hydrogens (primary N) is 1. The third-order valence-electron chi connectivity index (χ3n) is 3.61. The highest BCUT2D eigenvalue weighted by molar-refractivity contribution is 5.94. The van der Waals surface area contributed by atoms with Crippen molar-refractivity contribution < 1.29 is 9.90 Å². The lowest BCUT2D eigenvalue weighted by atomic mass is 10.1. The minimum Gasteiger partial charge on any atom is -0.478 e. The second kappa shape index (κ2) is 6.57. The van der Waals surface area contributed by atoms with E-state index in [-0.39, 0.29) is 0 Å². The Labute approximate surface area is 119 Å². The second-order valence-electron chi connectivity index (χ2n) is 5.13. The Hall–Kier alpha value is -1.81. The van der Waals surface area contributed by atoms with Crippen LogP contribution in [0.2, 0.25) is 0 Å². The lowest BCUT2D eigenvalue weighted by molar-refractivity contribution is 0.0697. The third-order valence-corrected chi connectivity index (χ3v) is 3.61. The molecular weight excluding hydrogens is 252 g/mol. The number of hydrogen-bond donors (Lipinski definition) is 2. The largest absolute Gasteiger partial charge is 0.478 e. The maximum absolute atomic E-state index is 11.1. The zero-order valence-corrected chi connectivity index (χ0v) is 11.9. The highest BCUT2D eigenvalue weighted by Gasteiger charge is 2.11. The van der Waals surface area contributed by atoms with Crippen molar-refractivity contribution in [3.8, 4) is 0 Å². The SMILES string of the molecule is CCCCn1cc(CCCN)c2ccc(C(=O)O)cc21. The van der Waals surface area contributed by atoms with E-state index in [9.17, 15) is 4.79 Å². The molecule has 0 atom stereocenters. The number of aryl methyl sites for hydroxylation is 2. The Kier molecular flexibility index (Phi) is 4.79. The van der Waals surface area contributed by atoms with Crippen LogP contribution in [-0.2, 0) is 13.0 Å². The molecule has 4 heteroatoms. The van der Waals surface area contributed by atoms with Crippen molar-refractivity contribution in [2.24, 2.45) is 5.73 Å². The Morgan fingerprint density at radius 2 is 2.15 bits per heavy atom.